The number of hydrogen-bond acceptors (Lipinski definition) is 2. The van der Waals surface area contributed by atoms with Crippen LogP contribution in [0.1, 0.15) is 35.2 Å². The summed E-state index contributed by atoms with van der Waals surface area (Å²) >= 11 is 0. The summed E-state index contributed by atoms with van der Waals surface area (Å²) in [4.78, 5) is 11.8. The van der Waals surface area contributed by atoms with Gasteiger partial charge in [-0.3, -0.25) is 4.79 Å². The van der Waals surface area contributed by atoms with Crippen LogP contribution in [0.15, 0.2) is 24.3 Å². The molecule has 0 spiro atoms. The normalized spacial score (nSPS) is 10.7. The molecular weight excluding hydrogens is 281 g/mol. The maximum Gasteiger partial charge on any atom is 0.389 e. The van der Waals surface area contributed by atoms with Gasteiger partial charge in [0.15, 0.2) is 0 Å². The van der Waals surface area contributed by atoms with Gasteiger partial charge in [-0.1, -0.05) is 17.9 Å². The van der Waals surface area contributed by atoms with Crippen LogP contribution < -0.4 is 11.1 Å². The lowest BCUT2D eigenvalue weighted by atomic mass is 10.1. The molecule has 1 aromatic carbocycles. The molecule has 0 radical (unpaired) electrons. The quantitative estimate of drug-likeness (QED) is 0.648. The molecule has 0 aliphatic rings. The van der Waals surface area contributed by atoms with E-state index in [1.807, 2.05) is 0 Å². The Bertz CT molecular complexity index is 530. The fourth-order valence-electron chi connectivity index (χ4n) is 1.65. The molecule has 6 heteroatoms. The Labute approximate surface area is 121 Å². The van der Waals surface area contributed by atoms with Crippen molar-refractivity contribution in [2.45, 2.75) is 25.4 Å². The average Bonchev–Trinajstić information content (AvgIpc) is 2.43. The first-order valence-corrected chi connectivity index (χ1v) is 6.56. The second-order valence-electron chi connectivity index (χ2n) is 4.41. The highest BCUT2D eigenvalue weighted by molar-refractivity contribution is 5.94. The summed E-state index contributed by atoms with van der Waals surface area (Å²) in [5.41, 5.74) is 6.36. The topological polar surface area (TPSA) is 55.1 Å². The monoisotopic (exact) mass is 298 g/mol. The molecule has 3 N–H and O–H groups in total. The SMILES string of the molecule is NCC#Cc1cccc(C(=O)NCCCCC(F)(F)F)c1. The summed E-state index contributed by atoms with van der Waals surface area (Å²) < 4.78 is 35.8. The van der Waals surface area contributed by atoms with Crippen LogP contribution in [-0.4, -0.2) is 25.2 Å². The van der Waals surface area contributed by atoms with Crippen molar-refractivity contribution < 1.29 is 18.0 Å². The van der Waals surface area contributed by atoms with E-state index in [1.165, 1.54) is 0 Å². The molecule has 1 amide bonds. The standard InChI is InChI=1S/C15H17F3N2O/c16-15(17,18)8-1-2-10-20-14(21)13-7-3-5-12(11-13)6-4-9-19/h3,5,7,11H,1-2,8-10,19H2,(H,20,21). The van der Waals surface area contributed by atoms with E-state index in [1.54, 1.807) is 24.3 Å². The third kappa shape index (κ3) is 7.37. The molecular formula is C15H17F3N2O. The van der Waals surface area contributed by atoms with Crippen LogP contribution in [-0.2, 0) is 0 Å². The minimum atomic E-state index is -4.14. The highest BCUT2D eigenvalue weighted by Crippen LogP contribution is 2.21. The zero-order valence-corrected chi connectivity index (χ0v) is 11.5. The number of alkyl halides is 3. The van der Waals surface area contributed by atoms with Crippen LogP contribution in [0.3, 0.4) is 0 Å². The lowest BCUT2D eigenvalue weighted by Crippen LogP contribution is -2.24. The molecule has 0 aliphatic carbocycles. The molecule has 0 heterocycles. The number of nitrogens with one attached hydrogen (secondary N) is 1. The number of rotatable bonds is 5. The Morgan fingerprint density at radius 3 is 2.71 bits per heavy atom. The Hall–Kier alpha value is -2.00. The molecule has 0 saturated heterocycles. The molecule has 0 aliphatic heterocycles. The summed E-state index contributed by atoms with van der Waals surface area (Å²) in [6.07, 6.45) is -4.67. The number of benzene rings is 1. The molecule has 0 atom stereocenters. The van der Waals surface area contributed by atoms with Gasteiger partial charge in [0.05, 0.1) is 6.54 Å². The highest BCUT2D eigenvalue weighted by atomic mass is 19.4. The fraction of sp³-hybridized carbons (Fsp3) is 0.400. The maximum absolute atomic E-state index is 11.9. The predicted molar refractivity (Wildman–Crippen MR) is 74.6 cm³/mol. The first kappa shape index (κ1) is 17.1. The molecule has 0 fully saturated rings. The maximum atomic E-state index is 11.9. The van der Waals surface area contributed by atoms with E-state index in [0.717, 1.165) is 0 Å². The summed E-state index contributed by atoms with van der Waals surface area (Å²) in [7, 11) is 0. The van der Waals surface area contributed by atoms with Gasteiger partial charge in [-0.2, -0.15) is 13.2 Å². The van der Waals surface area contributed by atoms with Crippen molar-refractivity contribution in [3.63, 3.8) is 0 Å². The molecule has 0 bridgehead atoms. The van der Waals surface area contributed by atoms with Gasteiger partial charge in [0.1, 0.15) is 0 Å². The lowest BCUT2D eigenvalue weighted by Gasteiger charge is -2.07. The first-order chi connectivity index (χ1) is 9.92. The van der Waals surface area contributed by atoms with Gasteiger partial charge in [-0.15, -0.1) is 0 Å². The van der Waals surface area contributed by atoms with Gasteiger partial charge in [0, 0.05) is 24.1 Å². The summed E-state index contributed by atoms with van der Waals surface area (Å²) in [6, 6.07) is 6.69. The van der Waals surface area contributed by atoms with E-state index in [2.05, 4.69) is 17.2 Å². The average molecular weight is 298 g/mol. The van der Waals surface area contributed by atoms with Gasteiger partial charge in [0.25, 0.3) is 5.91 Å². The summed E-state index contributed by atoms with van der Waals surface area (Å²) in [5, 5.41) is 2.59. The van der Waals surface area contributed by atoms with Crippen LogP contribution in [0.25, 0.3) is 0 Å². The number of unbranched alkanes of at least 4 members (excludes halogenated alkanes) is 1. The molecule has 0 aromatic heterocycles. The van der Waals surface area contributed by atoms with Crippen LogP contribution in [0.4, 0.5) is 13.2 Å². The van der Waals surface area contributed by atoms with Crippen LogP contribution in [0, 0.1) is 11.8 Å². The van der Waals surface area contributed by atoms with Crippen LogP contribution >= 0.6 is 0 Å². The Kier molecular flexibility index (Phi) is 6.76. The van der Waals surface area contributed by atoms with Gasteiger partial charge in [-0.05, 0) is 31.0 Å². The van der Waals surface area contributed by atoms with E-state index >= 15 is 0 Å². The molecule has 1 aromatic rings. The van der Waals surface area contributed by atoms with E-state index in [0.29, 0.717) is 11.1 Å². The van der Waals surface area contributed by atoms with Crippen molar-refractivity contribution in [1.29, 1.82) is 0 Å². The highest BCUT2D eigenvalue weighted by Gasteiger charge is 2.25. The zero-order valence-electron chi connectivity index (χ0n) is 11.5. The Morgan fingerprint density at radius 1 is 1.29 bits per heavy atom. The van der Waals surface area contributed by atoms with Crippen molar-refractivity contribution in [1.82, 2.24) is 5.32 Å². The first-order valence-electron chi connectivity index (χ1n) is 6.56. The van der Waals surface area contributed by atoms with Crippen molar-refractivity contribution in [2.75, 3.05) is 13.1 Å². The minimum Gasteiger partial charge on any atom is -0.352 e. The number of carbonyl (C=O) groups is 1. The van der Waals surface area contributed by atoms with Gasteiger partial charge in [0.2, 0.25) is 0 Å². The third-order valence-corrected chi connectivity index (χ3v) is 2.63. The third-order valence-electron chi connectivity index (χ3n) is 2.63. The molecule has 114 valence electrons. The molecule has 3 nitrogen and oxygen atoms in total. The van der Waals surface area contributed by atoms with Crippen LogP contribution in [0.2, 0.25) is 0 Å². The van der Waals surface area contributed by atoms with Crippen molar-refractivity contribution in [3.05, 3.63) is 35.4 Å². The van der Waals surface area contributed by atoms with Gasteiger partial charge < -0.3 is 11.1 Å². The minimum absolute atomic E-state index is 0.00575. The largest absolute Gasteiger partial charge is 0.389 e. The Morgan fingerprint density at radius 2 is 2.05 bits per heavy atom. The fourth-order valence-corrected chi connectivity index (χ4v) is 1.65. The van der Waals surface area contributed by atoms with Gasteiger partial charge in [-0.25, -0.2) is 0 Å². The number of hydrogen-bond donors (Lipinski definition) is 2. The smallest absolute Gasteiger partial charge is 0.352 e. The lowest BCUT2D eigenvalue weighted by molar-refractivity contribution is -0.135. The van der Waals surface area contributed by atoms with E-state index in [9.17, 15) is 18.0 Å². The molecule has 1 rings (SSSR count). The second-order valence-corrected chi connectivity index (χ2v) is 4.41. The summed E-state index contributed by atoms with van der Waals surface area (Å²) in [6.45, 7) is 0.448. The molecule has 0 unspecified atom stereocenters. The predicted octanol–water partition coefficient (Wildman–Crippen LogP) is 2.46. The van der Waals surface area contributed by atoms with Gasteiger partial charge >= 0.3 is 6.18 Å². The van der Waals surface area contributed by atoms with E-state index in [-0.39, 0.29) is 31.8 Å². The Balaban J connectivity index is 2.42. The molecule has 0 saturated carbocycles. The van der Waals surface area contributed by atoms with Crippen molar-refractivity contribution in [3.8, 4) is 11.8 Å². The van der Waals surface area contributed by atoms with E-state index in [4.69, 9.17) is 5.73 Å². The number of halogens is 3. The van der Waals surface area contributed by atoms with Crippen LogP contribution in [0.5, 0.6) is 0 Å². The second kappa shape index (κ2) is 8.32. The van der Waals surface area contributed by atoms with Crippen molar-refractivity contribution >= 4 is 5.91 Å². The number of carbonyl (C=O) groups excluding carboxylic acids is 1. The van der Waals surface area contributed by atoms with E-state index < -0.39 is 12.6 Å². The molecule has 21 heavy (non-hydrogen) atoms. The number of amides is 1. The summed E-state index contributed by atoms with van der Waals surface area (Å²) in [5.74, 6) is 5.18. The zero-order chi connectivity index (χ0) is 15.7. The number of nitrogens with two attached hydrogens (primary N) is 1. The van der Waals surface area contributed by atoms with Crippen molar-refractivity contribution in [2.24, 2.45) is 5.73 Å².